The van der Waals surface area contributed by atoms with E-state index in [9.17, 15) is 15.3 Å². The fraction of sp³-hybridized carbons (Fsp3) is 0.643. The molecular formula is C14H19N4OS+. The van der Waals surface area contributed by atoms with Crippen LogP contribution < -0.4 is 5.32 Å². The largest absolute Gasteiger partial charge is 0.346 e. The molecule has 106 valence electrons. The first-order valence-corrected chi connectivity index (χ1v) is 7.32. The number of rotatable bonds is 1. The molecule has 0 radical (unpaired) electrons. The summed E-state index contributed by atoms with van der Waals surface area (Å²) in [6.45, 7) is 5.40. The lowest BCUT2D eigenvalue weighted by Crippen LogP contribution is -2.87. The summed E-state index contributed by atoms with van der Waals surface area (Å²) in [5.74, 6) is -0.988. The molecule has 1 amide bonds. The number of allylic oxidation sites excluding steroid dienone is 1. The maximum Gasteiger partial charge on any atom is 0.245 e. The number of quaternary nitrogens is 1. The number of thiol groups is 1. The standard InChI is InChI=1S/C14H18N4OS/c1-9(2)18-12(19)10(7-15)14(3-5-17-6-4-14)11(8-16)13(18)20/h9-10,17,20H,3-6H2,1-2H3/p+1/t10-/m0/s1. The number of carbonyl (C=O) groups excluding carboxylic acids is 1. The molecule has 1 saturated heterocycles. The Kier molecular flexibility index (Phi) is 4.08. The summed E-state index contributed by atoms with van der Waals surface area (Å²) >= 11 is 4.44. The summed E-state index contributed by atoms with van der Waals surface area (Å²) < 4.78 is 0. The first-order valence-electron chi connectivity index (χ1n) is 6.87. The third-order valence-electron chi connectivity index (χ3n) is 4.33. The van der Waals surface area contributed by atoms with Crippen molar-refractivity contribution in [2.24, 2.45) is 11.3 Å². The molecule has 0 aromatic carbocycles. The summed E-state index contributed by atoms with van der Waals surface area (Å²) in [7, 11) is 0. The molecule has 0 aliphatic carbocycles. The number of nitrogens with two attached hydrogens (primary N) is 1. The van der Waals surface area contributed by atoms with Crippen LogP contribution in [0.15, 0.2) is 10.6 Å². The third kappa shape index (κ3) is 2.00. The van der Waals surface area contributed by atoms with Crippen molar-refractivity contribution in [3.63, 3.8) is 0 Å². The minimum Gasteiger partial charge on any atom is -0.346 e. The van der Waals surface area contributed by atoms with Crippen molar-refractivity contribution in [2.75, 3.05) is 13.1 Å². The minimum atomic E-state index is -0.774. The first kappa shape index (κ1) is 14.9. The molecule has 2 aliphatic rings. The number of nitriles is 2. The molecule has 1 fully saturated rings. The second-order valence-corrected chi connectivity index (χ2v) is 6.12. The highest BCUT2D eigenvalue weighted by Crippen LogP contribution is 2.49. The van der Waals surface area contributed by atoms with Gasteiger partial charge in [-0.3, -0.25) is 4.79 Å². The predicted molar refractivity (Wildman–Crippen MR) is 76.0 cm³/mol. The lowest BCUT2D eigenvalue weighted by Gasteiger charge is -2.46. The van der Waals surface area contributed by atoms with Gasteiger partial charge in [-0.1, -0.05) is 0 Å². The van der Waals surface area contributed by atoms with Crippen molar-refractivity contribution in [3.05, 3.63) is 10.6 Å². The van der Waals surface area contributed by atoms with Gasteiger partial charge in [-0.25, -0.2) is 0 Å². The Balaban J connectivity index is 2.64. The van der Waals surface area contributed by atoms with E-state index in [4.69, 9.17) is 0 Å². The smallest absolute Gasteiger partial charge is 0.245 e. The molecule has 1 atom stereocenters. The highest BCUT2D eigenvalue weighted by molar-refractivity contribution is 7.84. The number of hydrogen-bond donors (Lipinski definition) is 2. The average molecular weight is 291 g/mol. The number of piperidine rings is 1. The van der Waals surface area contributed by atoms with Crippen LogP contribution in [0.1, 0.15) is 26.7 Å². The first-order chi connectivity index (χ1) is 9.49. The highest BCUT2D eigenvalue weighted by Gasteiger charge is 2.54. The fourth-order valence-electron chi connectivity index (χ4n) is 3.33. The summed E-state index contributed by atoms with van der Waals surface area (Å²) in [6, 6.07) is 4.28. The summed E-state index contributed by atoms with van der Waals surface area (Å²) in [5, 5.41) is 21.7. The molecule has 6 heteroatoms. The van der Waals surface area contributed by atoms with E-state index in [1.54, 1.807) is 0 Å². The van der Waals surface area contributed by atoms with Gasteiger partial charge in [-0.15, -0.1) is 12.6 Å². The van der Waals surface area contributed by atoms with Gasteiger partial charge in [0, 0.05) is 24.3 Å². The lowest BCUT2D eigenvalue weighted by atomic mass is 9.63. The molecule has 2 N–H and O–H groups in total. The Hall–Kier alpha value is -1.50. The lowest BCUT2D eigenvalue weighted by molar-refractivity contribution is -0.667. The Labute approximate surface area is 124 Å². The van der Waals surface area contributed by atoms with Crippen LogP contribution in [-0.4, -0.2) is 29.9 Å². The quantitative estimate of drug-likeness (QED) is 0.685. The predicted octanol–water partition coefficient (Wildman–Crippen LogP) is 0.385. The van der Waals surface area contributed by atoms with Crippen LogP contribution in [0.4, 0.5) is 0 Å². The molecule has 0 bridgehead atoms. The van der Waals surface area contributed by atoms with Gasteiger partial charge in [0.05, 0.1) is 35.8 Å². The van der Waals surface area contributed by atoms with Crippen molar-refractivity contribution in [1.29, 1.82) is 10.5 Å². The number of hydrogen-bond acceptors (Lipinski definition) is 4. The van der Waals surface area contributed by atoms with E-state index in [1.807, 2.05) is 13.8 Å². The second kappa shape index (κ2) is 5.47. The van der Waals surface area contributed by atoms with Crippen molar-refractivity contribution < 1.29 is 10.1 Å². The van der Waals surface area contributed by atoms with Gasteiger partial charge in [0.2, 0.25) is 5.91 Å². The van der Waals surface area contributed by atoms with Gasteiger partial charge in [-0.2, -0.15) is 10.5 Å². The van der Waals surface area contributed by atoms with Crippen LogP contribution in [0.25, 0.3) is 0 Å². The molecule has 0 aromatic rings. The SMILES string of the molecule is CC(C)N1C(=O)[C@H](C#N)C2(CC[NH2+]CC2)C(C#N)=C1S. The van der Waals surface area contributed by atoms with Crippen molar-refractivity contribution in [3.8, 4) is 12.1 Å². The molecule has 20 heavy (non-hydrogen) atoms. The Morgan fingerprint density at radius 3 is 2.45 bits per heavy atom. The van der Waals surface area contributed by atoms with Gasteiger partial charge in [-0.05, 0) is 13.8 Å². The van der Waals surface area contributed by atoms with E-state index >= 15 is 0 Å². The monoisotopic (exact) mass is 291 g/mol. The van der Waals surface area contributed by atoms with Crippen LogP contribution in [-0.2, 0) is 4.79 Å². The van der Waals surface area contributed by atoms with E-state index in [2.05, 4.69) is 30.1 Å². The van der Waals surface area contributed by atoms with Gasteiger partial charge in [0.1, 0.15) is 5.92 Å². The van der Waals surface area contributed by atoms with Crippen molar-refractivity contribution in [1.82, 2.24) is 4.90 Å². The molecule has 2 aliphatic heterocycles. The van der Waals surface area contributed by atoms with Gasteiger partial charge in [0.15, 0.2) is 0 Å². The molecule has 1 spiro atoms. The van der Waals surface area contributed by atoms with Gasteiger partial charge < -0.3 is 10.2 Å². The zero-order valence-electron chi connectivity index (χ0n) is 11.8. The van der Waals surface area contributed by atoms with E-state index in [1.165, 1.54) is 4.90 Å². The maximum atomic E-state index is 12.6. The Bertz CT molecular complexity index is 534. The second-order valence-electron chi connectivity index (χ2n) is 5.70. The van der Waals surface area contributed by atoms with E-state index < -0.39 is 11.3 Å². The van der Waals surface area contributed by atoms with Crippen LogP contribution in [0.3, 0.4) is 0 Å². The van der Waals surface area contributed by atoms with Crippen molar-refractivity contribution >= 4 is 18.5 Å². The van der Waals surface area contributed by atoms with E-state index in [-0.39, 0.29) is 11.9 Å². The number of carbonyl (C=O) groups is 1. The Morgan fingerprint density at radius 1 is 1.40 bits per heavy atom. The van der Waals surface area contributed by atoms with Crippen LogP contribution in [0.2, 0.25) is 0 Å². The zero-order valence-corrected chi connectivity index (χ0v) is 12.7. The average Bonchev–Trinajstić information content (AvgIpc) is 2.40. The summed E-state index contributed by atoms with van der Waals surface area (Å²) in [4.78, 5) is 14.1. The zero-order chi connectivity index (χ0) is 14.9. The summed E-state index contributed by atoms with van der Waals surface area (Å²) in [6.07, 6.45) is 1.35. The molecular weight excluding hydrogens is 272 g/mol. The van der Waals surface area contributed by atoms with Crippen LogP contribution >= 0.6 is 12.6 Å². The molecule has 2 heterocycles. The van der Waals surface area contributed by atoms with Crippen molar-refractivity contribution in [2.45, 2.75) is 32.7 Å². The minimum absolute atomic E-state index is 0.110. The van der Waals surface area contributed by atoms with Crippen LogP contribution in [0, 0.1) is 34.0 Å². The number of nitrogens with zero attached hydrogens (tertiary/aromatic N) is 3. The molecule has 5 nitrogen and oxygen atoms in total. The summed E-state index contributed by atoms with van der Waals surface area (Å²) in [5.41, 5.74) is -0.133. The third-order valence-corrected chi connectivity index (χ3v) is 4.77. The van der Waals surface area contributed by atoms with E-state index in [0.717, 1.165) is 13.1 Å². The molecule has 0 aromatic heterocycles. The van der Waals surface area contributed by atoms with Gasteiger partial charge >= 0.3 is 0 Å². The Morgan fingerprint density at radius 2 is 2.00 bits per heavy atom. The number of amides is 1. The topological polar surface area (TPSA) is 84.5 Å². The maximum absolute atomic E-state index is 12.6. The van der Waals surface area contributed by atoms with E-state index in [0.29, 0.717) is 23.4 Å². The highest BCUT2D eigenvalue weighted by atomic mass is 32.1. The van der Waals surface area contributed by atoms with Crippen LogP contribution in [0.5, 0.6) is 0 Å². The molecule has 0 saturated carbocycles. The molecule has 0 unspecified atom stereocenters. The van der Waals surface area contributed by atoms with Gasteiger partial charge in [0.25, 0.3) is 0 Å². The molecule has 2 rings (SSSR count). The fourth-order valence-corrected chi connectivity index (χ4v) is 3.94. The normalized spacial score (nSPS) is 25.8.